The Labute approximate surface area is 124 Å². The van der Waals surface area contributed by atoms with E-state index in [2.05, 4.69) is 11.9 Å². The Balaban J connectivity index is 1.64. The average Bonchev–Trinajstić information content (AvgIpc) is 3.08. The van der Waals surface area contributed by atoms with E-state index >= 15 is 0 Å². The van der Waals surface area contributed by atoms with Crippen LogP contribution in [0.1, 0.15) is 22.5 Å². The Hall–Kier alpha value is -0.910. The second kappa shape index (κ2) is 6.24. The second-order valence-electron chi connectivity index (χ2n) is 5.89. The lowest BCUT2D eigenvalue weighted by molar-refractivity contribution is -0.0330. The molecule has 2 aliphatic rings. The predicted octanol–water partition coefficient (Wildman–Crippen LogP) is 1.93. The molecule has 0 aromatic carbocycles. The van der Waals surface area contributed by atoms with Crippen molar-refractivity contribution in [2.75, 3.05) is 39.8 Å². The Morgan fingerprint density at radius 2 is 2.35 bits per heavy atom. The summed E-state index contributed by atoms with van der Waals surface area (Å²) in [6.07, 6.45) is 2.68. The number of carbonyl (C=O) groups excluding carboxylic acids is 1. The van der Waals surface area contributed by atoms with Gasteiger partial charge in [0.05, 0.1) is 17.6 Å². The van der Waals surface area contributed by atoms with E-state index in [1.807, 2.05) is 22.4 Å². The number of ether oxygens (including phenoxy) is 1. The first-order valence-electron chi connectivity index (χ1n) is 7.35. The van der Waals surface area contributed by atoms with E-state index in [-0.39, 0.29) is 12.0 Å². The van der Waals surface area contributed by atoms with Crippen LogP contribution in [0, 0.1) is 5.92 Å². The van der Waals surface area contributed by atoms with Crippen molar-refractivity contribution in [3.8, 4) is 0 Å². The number of hydrogen-bond acceptors (Lipinski definition) is 4. The molecule has 1 unspecified atom stereocenters. The molecule has 110 valence electrons. The highest BCUT2D eigenvalue weighted by molar-refractivity contribution is 7.12. The van der Waals surface area contributed by atoms with Gasteiger partial charge in [0, 0.05) is 26.2 Å². The van der Waals surface area contributed by atoms with Crippen LogP contribution in [0.3, 0.4) is 0 Å². The van der Waals surface area contributed by atoms with E-state index in [4.69, 9.17) is 4.74 Å². The van der Waals surface area contributed by atoms with Crippen molar-refractivity contribution in [1.29, 1.82) is 0 Å². The molecule has 1 amide bonds. The summed E-state index contributed by atoms with van der Waals surface area (Å²) >= 11 is 1.53. The van der Waals surface area contributed by atoms with Gasteiger partial charge in [0.2, 0.25) is 0 Å². The van der Waals surface area contributed by atoms with Gasteiger partial charge in [-0.3, -0.25) is 4.79 Å². The van der Waals surface area contributed by atoms with Gasteiger partial charge in [-0.1, -0.05) is 6.07 Å². The number of amides is 1. The van der Waals surface area contributed by atoms with Crippen LogP contribution >= 0.6 is 11.3 Å². The summed E-state index contributed by atoms with van der Waals surface area (Å²) in [7, 11) is 2.11. The highest BCUT2D eigenvalue weighted by Crippen LogP contribution is 2.30. The second-order valence-corrected chi connectivity index (χ2v) is 6.83. The molecule has 1 saturated carbocycles. The largest absolute Gasteiger partial charge is 0.374 e. The summed E-state index contributed by atoms with van der Waals surface area (Å²) in [4.78, 5) is 17.7. The molecular weight excluding hydrogens is 272 g/mol. The van der Waals surface area contributed by atoms with Gasteiger partial charge in [0.15, 0.2) is 0 Å². The molecule has 0 N–H and O–H groups in total. The quantitative estimate of drug-likeness (QED) is 0.832. The zero-order valence-electron chi connectivity index (χ0n) is 12.0. The molecule has 1 aromatic rings. The molecule has 0 bridgehead atoms. The molecular formula is C15H22N2O2S. The first kappa shape index (κ1) is 14.0. The number of carbonyl (C=O) groups is 1. The predicted molar refractivity (Wildman–Crippen MR) is 80.2 cm³/mol. The van der Waals surface area contributed by atoms with Gasteiger partial charge in [-0.15, -0.1) is 11.3 Å². The number of nitrogens with zero attached hydrogens (tertiary/aromatic N) is 2. The minimum atomic E-state index is 0.149. The number of hydrogen-bond donors (Lipinski definition) is 0. The maximum atomic E-state index is 12.6. The van der Waals surface area contributed by atoms with Gasteiger partial charge >= 0.3 is 0 Å². The Bertz CT molecular complexity index is 445. The highest BCUT2D eigenvalue weighted by atomic mass is 32.1. The fraction of sp³-hybridized carbons (Fsp3) is 0.667. The van der Waals surface area contributed by atoms with Crippen LogP contribution in [0.25, 0.3) is 0 Å². The smallest absolute Gasteiger partial charge is 0.264 e. The van der Waals surface area contributed by atoms with Gasteiger partial charge in [0.1, 0.15) is 0 Å². The molecule has 2 fully saturated rings. The fourth-order valence-electron chi connectivity index (χ4n) is 2.63. The topological polar surface area (TPSA) is 32.8 Å². The van der Waals surface area contributed by atoms with Crippen LogP contribution in [0.4, 0.5) is 0 Å². The van der Waals surface area contributed by atoms with E-state index in [9.17, 15) is 4.79 Å². The minimum Gasteiger partial charge on any atom is -0.374 e. The number of thiophene rings is 1. The minimum absolute atomic E-state index is 0.149. The highest BCUT2D eigenvalue weighted by Gasteiger charge is 2.30. The summed E-state index contributed by atoms with van der Waals surface area (Å²) in [6, 6.07) is 3.86. The lowest BCUT2D eigenvalue weighted by Crippen LogP contribution is -2.47. The van der Waals surface area contributed by atoms with Crippen molar-refractivity contribution in [3.63, 3.8) is 0 Å². The molecule has 20 heavy (non-hydrogen) atoms. The lowest BCUT2D eigenvalue weighted by atomic mass is 10.2. The third kappa shape index (κ3) is 3.59. The van der Waals surface area contributed by atoms with E-state index in [0.29, 0.717) is 5.92 Å². The van der Waals surface area contributed by atoms with E-state index in [1.165, 1.54) is 24.2 Å². The molecule has 0 spiro atoms. The maximum Gasteiger partial charge on any atom is 0.264 e. The van der Waals surface area contributed by atoms with Crippen LogP contribution in [0.15, 0.2) is 17.5 Å². The van der Waals surface area contributed by atoms with Crippen molar-refractivity contribution in [1.82, 2.24) is 9.80 Å². The van der Waals surface area contributed by atoms with E-state index in [0.717, 1.165) is 37.7 Å². The van der Waals surface area contributed by atoms with Crippen LogP contribution < -0.4 is 0 Å². The standard InChI is InChI=1S/C15H22N2O2S/c1-16-6-7-19-13(10-16)11-17(9-12-4-5-12)15(18)14-3-2-8-20-14/h2-3,8,12-13H,4-7,9-11H2,1H3. The van der Waals surface area contributed by atoms with Crippen LogP contribution in [0.2, 0.25) is 0 Å². The third-order valence-electron chi connectivity index (χ3n) is 3.96. The summed E-state index contributed by atoms with van der Waals surface area (Å²) < 4.78 is 5.82. The Morgan fingerprint density at radius 1 is 1.50 bits per heavy atom. The first-order chi connectivity index (χ1) is 9.72. The molecule has 1 aromatic heterocycles. The van der Waals surface area contributed by atoms with E-state index < -0.39 is 0 Å². The van der Waals surface area contributed by atoms with Gasteiger partial charge in [-0.2, -0.15) is 0 Å². The van der Waals surface area contributed by atoms with Crippen molar-refractivity contribution >= 4 is 17.2 Å². The summed E-state index contributed by atoms with van der Waals surface area (Å²) in [5, 5.41) is 1.97. The molecule has 2 heterocycles. The van der Waals surface area contributed by atoms with Gasteiger partial charge in [-0.05, 0) is 37.3 Å². The number of rotatable bonds is 5. The summed E-state index contributed by atoms with van der Waals surface area (Å²) in [5.74, 6) is 0.879. The number of likely N-dealkylation sites (N-methyl/N-ethyl adjacent to an activating group) is 1. The zero-order valence-corrected chi connectivity index (χ0v) is 12.8. The van der Waals surface area contributed by atoms with Gasteiger partial charge in [-0.25, -0.2) is 0 Å². The third-order valence-corrected chi connectivity index (χ3v) is 4.82. The molecule has 0 radical (unpaired) electrons. The van der Waals surface area contributed by atoms with Gasteiger partial charge in [0.25, 0.3) is 5.91 Å². The molecule has 1 aliphatic heterocycles. The zero-order chi connectivity index (χ0) is 13.9. The lowest BCUT2D eigenvalue weighted by Gasteiger charge is -2.34. The van der Waals surface area contributed by atoms with Crippen LogP contribution in [0.5, 0.6) is 0 Å². The monoisotopic (exact) mass is 294 g/mol. The van der Waals surface area contributed by atoms with E-state index in [1.54, 1.807) is 0 Å². The van der Waals surface area contributed by atoms with Gasteiger partial charge < -0.3 is 14.5 Å². The average molecular weight is 294 g/mol. The summed E-state index contributed by atoms with van der Waals surface area (Å²) in [5.41, 5.74) is 0. The normalized spacial score (nSPS) is 23.8. The molecule has 3 rings (SSSR count). The Morgan fingerprint density at radius 3 is 3.00 bits per heavy atom. The van der Waals surface area contributed by atoms with Crippen molar-refractivity contribution < 1.29 is 9.53 Å². The molecule has 4 nitrogen and oxygen atoms in total. The van der Waals surface area contributed by atoms with Crippen molar-refractivity contribution in [2.24, 2.45) is 5.92 Å². The Kier molecular flexibility index (Phi) is 4.38. The summed E-state index contributed by atoms with van der Waals surface area (Å²) in [6.45, 7) is 4.28. The number of morpholine rings is 1. The van der Waals surface area contributed by atoms with Crippen LogP contribution in [-0.4, -0.2) is 61.6 Å². The fourth-order valence-corrected chi connectivity index (χ4v) is 3.32. The molecule has 5 heteroatoms. The maximum absolute atomic E-state index is 12.6. The van der Waals surface area contributed by atoms with Crippen molar-refractivity contribution in [2.45, 2.75) is 18.9 Å². The SMILES string of the molecule is CN1CCOC(CN(CC2CC2)C(=O)c2cccs2)C1. The first-order valence-corrected chi connectivity index (χ1v) is 8.23. The molecule has 1 atom stereocenters. The molecule has 1 aliphatic carbocycles. The van der Waals surface area contributed by atoms with Crippen molar-refractivity contribution in [3.05, 3.63) is 22.4 Å². The van der Waals surface area contributed by atoms with Crippen LogP contribution in [-0.2, 0) is 4.74 Å². The molecule has 1 saturated heterocycles.